The molecule has 27 heavy (non-hydrogen) atoms. The summed E-state index contributed by atoms with van der Waals surface area (Å²) in [5.41, 5.74) is 12.6. The van der Waals surface area contributed by atoms with Gasteiger partial charge in [-0.3, -0.25) is 4.98 Å². The Hall–Kier alpha value is -2.99. The SMILES string of the molecule is CC=O.CNC1=C(C(N)=Nc2ccc(-c3cccnc3C)cc2)CNCC1. The average Bonchev–Trinajstić information content (AvgIpc) is 2.69. The van der Waals surface area contributed by atoms with E-state index in [2.05, 4.69) is 38.8 Å². The summed E-state index contributed by atoms with van der Waals surface area (Å²) in [4.78, 5) is 17.7. The molecule has 0 fully saturated rings. The third kappa shape index (κ3) is 5.49. The Labute approximate surface area is 160 Å². The van der Waals surface area contributed by atoms with Gasteiger partial charge in [-0.2, -0.15) is 0 Å². The molecule has 0 bridgehead atoms. The van der Waals surface area contributed by atoms with Gasteiger partial charge in [0.2, 0.25) is 0 Å². The minimum absolute atomic E-state index is 0.567. The number of rotatable bonds is 4. The van der Waals surface area contributed by atoms with Crippen LogP contribution in [0.2, 0.25) is 0 Å². The van der Waals surface area contributed by atoms with Gasteiger partial charge in [-0.25, -0.2) is 4.99 Å². The van der Waals surface area contributed by atoms with Crippen LogP contribution < -0.4 is 16.4 Å². The molecule has 2 aromatic rings. The highest BCUT2D eigenvalue weighted by atomic mass is 16.1. The number of nitrogens with two attached hydrogens (primary N) is 1. The van der Waals surface area contributed by atoms with Crippen LogP contribution in [0.3, 0.4) is 0 Å². The Morgan fingerprint density at radius 3 is 2.63 bits per heavy atom. The second kappa shape index (κ2) is 10.2. The van der Waals surface area contributed by atoms with Crippen molar-refractivity contribution in [1.29, 1.82) is 0 Å². The summed E-state index contributed by atoms with van der Waals surface area (Å²) in [6.45, 7) is 5.17. The number of aryl methyl sites for hydroxylation is 1. The van der Waals surface area contributed by atoms with Gasteiger partial charge in [0.1, 0.15) is 12.1 Å². The van der Waals surface area contributed by atoms with Crippen LogP contribution in [0.1, 0.15) is 19.0 Å². The largest absolute Gasteiger partial charge is 0.391 e. The van der Waals surface area contributed by atoms with Crippen molar-refractivity contribution in [2.45, 2.75) is 20.3 Å². The van der Waals surface area contributed by atoms with Crippen molar-refractivity contribution in [1.82, 2.24) is 15.6 Å². The van der Waals surface area contributed by atoms with Gasteiger partial charge in [0.15, 0.2) is 0 Å². The minimum Gasteiger partial charge on any atom is -0.391 e. The predicted octanol–water partition coefficient (Wildman–Crippen LogP) is 2.72. The van der Waals surface area contributed by atoms with Crippen LogP contribution in [-0.4, -0.2) is 37.2 Å². The third-order valence-electron chi connectivity index (χ3n) is 4.26. The van der Waals surface area contributed by atoms with Gasteiger partial charge in [0, 0.05) is 55.3 Å². The number of aliphatic imine (C=N–C) groups is 1. The Kier molecular flexibility index (Phi) is 7.70. The van der Waals surface area contributed by atoms with E-state index < -0.39 is 0 Å². The third-order valence-corrected chi connectivity index (χ3v) is 4.26. The summed E-state index contributed by atoms with van der Waals surface area (Å²) in [6.07, 6.45) is 3.50. The summed E-state index contributed by atoms with van der Waals surface area (Å²) in [6, 6.07) is 12.1. The molecular weight excluding hydrogens is 338 g/mol. The van der Waals surface area contributed by atoms with E-state index in [9.17, 15) is 0 Å². The zero-order valence-corrected chi connectivity index (χ0v) is 16.1. The lowest BCUT2D eigenvalue weighted by Gasteiger charge is -2.20. The van der Waals surface area contributed by atoms with Crippen molar-refractivity contribution in [2.75, 3.05) is 20.1 Å². The number of amidine groups is 1. The van der Waals surface area contributed by atoms with Gasteiger partial charge >= 0.3 is 0 Å². The van der Waals surface area contributed by atoms with Gasteiger partial charge in [-0.15, -0.1) is 0 Å². The minimum atomic E-state index is 0.567. The maximum atomic E-state index is 8.81. The molecule has 0 unspecified atom stereocenters. The number of aldehydes is 1. The van der Waals surface area contributed by atoms with Gasteiger partial charge in [0.25, 0.3) is 0 Å². The fraction of sp³-hybridized carbons (Fsp3) is 0.286. The van der Waals surface area contributed by atoms with Gasteiger partial charge in [-0.05, 0) is 37.6 Å². The lowest BCUT2D eigenvalue weighted by Crippen LogP contribution is -2.35. The Morgan fingerprint density at radius 1 is 1.30 bits per heavy atom. The van der Waals surface area contributed by atoms with Crippen LogP contribution in [0.4, 0.5) is 5.69 Å². The standard InChI is InChI=1S/C19H23N5.C2H4O/c1-13-16(4-3-10-23-13)14-5-7-15(8-6-14)24-19(20)17-12-22-11-9-18(17)21-2;1-2-3/h3-8,10,21-22H,9,11-12H2,1-2H3,(H2,20,24);2H,1H3. The zero-order valence-electron chi connectivity index (χ0n) is 16.1. The van der Waals surface area contributed by atoms with E-state index >= 15 is 0 Å². The molecule has 6 nitrogen and oxygen atoms in total. The highest BCUT2D eigenvalue weighted by Gasteiger charge is 2.14. The van der Waals surface area contributed by atoms with Crippen LogP contribution in [0, 0.1) is 6.92 Å². The second-order valence-electron chi connectivity index (χ2n) is 6.05. The number of nitrogens with zero attached hydrogens (tertiary/aromatic N) is 2. The molecule has 142 valence electrons. The maximum absolute atomic E-state index is 8.81. The quantitative estimate of drug-likeness (QED) is 0.440. The molecule has 1 aromatic heterocycles. The molecule has 0 amide bonds. The van der Waals surface area contributed by atoms with Gasteiger partial charge in [0.05, 0.1) is 5.69 Å². The monoisotopic (exact) mass is 365 g/mol. The summed E-state index contributed by atoms with van der Waals surface area (Å²) >= 11 is 0. The fourth-order valence-electron chi connectivity index (χ4n) is 2.92. The summed E-state index contributed by atoms with van der Waals surface area (Å²) in [5.74, 6) is 0.567. The van der Waals surface area contributed by atoms with Crippen molar-refractivity contribution in [2.24, 2.45) is 10.7 Å². The number of carbonyl (C=O) groups excluding carboxylic acids is 1. The summed E-state index contributed by atoms with van der Waals surface area (Å²) < 4.78 is 0. The molecule has 0 atom stereocenters. The van der Waals surface area contributed by atoms with Gasteiger partial charge in [-0.1, -0.05) is 18.2 Å². The number of carbonyl (C=O) groups is 1. The first kappa shape index (κ1) is 20.3. The molecule has 1 aliphatic heterocycles. The summed E-state index contributed by atoms with van der Waals surface area (Å²) in [5, 5.41) is 6.57. The number of benzene rings is 1. The van der Waals surface area contributed by atoms with Crippen molar-refractivity contribution in [3.63, 3.8) is 0 Å². The van der Waals surface area contributed by atoms with Crippen LogP contribution in [0.5, 0.6) is 0 Å². The lowest BCUT2D eigenvalue weighted by atomic mass is 10.0. The van der Waals surface area contributed by atoms with E-state index in [1.54, 1.807) is 0 Å². The molecule has 6 heteroatoms. The van der Waals surface area contributed by atoms with Crippen LogP contribution in [0.25, 0.3) is 11.1 Å². The van der Waals surface area contributed by atoms with Crippen LogP contribution in [-0.2, 0) is 4.79 Å². The van der Waals surface area contributed by atoms with E-state index in [-0.39, 0.29) is 0 Å². The normalized spacial score (nSPS) is 14.3. The van der Waals surface area contributed by atoms with E-state index in [1.807, 2.05) is 38.4 Å². The second-order valence-corrected chi connectivity index (χ2v) is 6.05. The predicted molar refractivity (Wildman–Crippen MR) is 111 cm³/mol. The van der Waals surface area contributed by atoms with E-state index in [4.69, 9.17) is 10.5 Å². The number of aromatic nitrogens is 1. The molecule has 1 aliphatic rings. The molecule has 4 N–H and O–H groups in total. The molecule has 3 rings (SSSR count). The highest BCUT2D eigenvalue weighted by molar-refractivity contribution is 5.99. The molecule has 1 aromatic carbocycles. The van der Waals surface area contributed by atoms with E-state index in [0.717, 1.165) is 59.6 Å². The zero-order chi connectivity index (χ0) is 19.6. The number of hydrogen-bond donors (Lipinski definition) is 3. The molecule has 2 heterocycles. The fourth-order valence-corrected chi connectivity index (χ4v) is 2.92. The number of hydrogen-bond acceptors (Lipinski definition) is 5. The van der Waals surface area contributed by atoms with Crippen molar-refractivity contribution in [3.8, 4) is 11.1 Å². The van der Waals surface area contributed by atoms with Gasteiger partial charge < -0.3 is 21.2 Å². The van der Waals surface area contributed by atoms with Crippen molar-refractivity contribution in [3.05, 3.63) is 59.6 Å². The Morgan fingerprint density at radius 2 is 2.00 bits per heavy atom. The van der Waals surface area contributed by atoms with Crippen LogP contribution >= 0.6 is 0 Å². The topological polar surface area (TPSA) is 92.4 Å². The van der Waals surface area contributed by atoms with E-state index in [0.29, 0.717) is 5.84 Å². The van der Waals surface area contributed by atoms with Crippen molar-refractivity contribution >= 4 is 17.8 Å². The molecule has 0 radical (unpaired) electrons. The smallest absolute Gasteiger partial charge is 0.130 e. The lowest BCUT2D eigenvalue weighted by molar-refractivity contribution is -0.106. The molecule has 0 aliphatic carbocycles. The molecule has 0 spiro atoms. The Bertz CT molecular complexity index is 825. The average molecular weight is 365 g/mol. The first-order chi connectivity index (χ1) is 13.1. The maximum Gasteiger partial charge on any atom is 0.130 e. The summed E-state index contributed by atoms with van der Waals surface area (Å²) in [7, 11) is 1.93. The number of pyridine rings is 1. The van der Waals surface area contributed by atoms with Crippen molar-refractivity contribution < 1.29 is 4.79 Å². The first-order valence-corrected chi connectivity index (χ1v) is 8.97. The van der Waals surface area contributed by atoms with E-state index in [1.165, 1.54) is 6.92 Å². The Balaban J connectivity index is 0.000000817. The highest BCUT2D eigenvalue weighted by Crippen LogP contribution is 2.24. The molecule has 0 saturated carbocycles. The number of nitrogens with one attached hydrogen (secondary N) is 2. The van der Waals surface area contributed by atoms with Crippen LogP contribution in [0.15, 0.2) is 58.9 Å². The molecular formula is C21H27N5O. The molecule has 0 saturated heterocycles. The first-order valence-electron chi connectivity index (χ1n) is 8.97.